The number of methoxy groups -OCH3 is 2. The average Bonchev–Trinajstić information content (AvgIpc) is 2.60. The number of thiocarbonyl (C=S) groups is 1. The van der Waals surface area contributed by atoms with Gasteiger partial charge in [-0.05, 0) is 56.4 Å². The van der Waals surface area contributed by atoms with Crippen molar-refractivity contribution < 1.29 is 14.2 Å². The van der Waals surface area contributed by atoms with Gasteiger partial charge in [0.15, 0.2) is 5.11 Å². The van der Waals surface area contributed by atoms with E-state index in [1.54, 1.807) is 26.4 Å². The Morgan fingerprint density at radius 1 is 1.19 bits per heavy atom. The van der Waals surface area contributed by atoms with Crippen molar-refractivity contribution in [2.75, 3.05) is 19.5 Å². The Bertz CT molecular complexity index is 857. The van der Waals surface area contributed by atoms with Crippen molar-refractivity contribution in [3.63, 3.8) is 0 Å². The molecular weight excluding hydrogens is 384 g/mol. The molecule has 0 spiro atoms. The fourth-order valence-electron chi connectivity index (χ4n) is 3.16. The molecule has 3 rings (SSSR count). The van der Waals surface area contributed by atoms with Gasteiger partial charge in [0.1, 0.15) is 22.8 Å². The lowest BCUT2D eigenvalue weighted by atomic mass is 9.89. The Kier molecular flexibility index (Phi) is 5.67. The molecule has 0 radical (unpaired) electrons. The molecule has 0 fully saturated rings. The van der Waals surface area contributed by atoms with Crippen LogP contribution >= 0.6 is 23.8 Å². The fraction of sp³-hybridized carbons (Fsp3) is 0.350. The molecule has 0 aliphatic carbocycles. The topological polar surface area (TPSA) is 51.8 Å². The minimum atomic E-state index is -0.323. The smallest absolute Gasteiger partial charge is 0.171 e. The summed E-state index contributed by atoms with van der Waals surface area (Å²) in [5.41, 5.74) is 1.52. The molecular formula is C20H23ClN2O3S. The van der Waals surface area contributed by atoms with Crippen molar-refractivity contribution in [2.45, 2.75) is 31.9 Å². The summed E-state index contributed by atoms with van der Waals surface area (Å²) in [7, 11) is 3.23. The van der Waals surface area contributed by atoms with Gasteiger partial charge < -0.3 is 24.8 Å². The molecule has 0 amide bonds. The van der Waals surface area contributed by atoms with Crippen LogP contribution in [0.3, 0.4) is 0 Å². The van der Waals surface area contributed by atoms with E-state index in [2.05, 4.69) is 24.5 Å². The standard InChI is InChI=1S/C20H23ClN2O3S/c1-20(2)11-16(14-7-6-13(24-3)10-18(14)26-20)23-19(27)22-12-5-8-17(25-4)15(21)9-12/h5-10,16H,11H2,1-4H3,(H2,22,23,27). The molecule has 1 aliphatic rings. The number of halogens is 1. The molecule has 1 atom stereocenters. The Hall–Kier alpha value is -2.18. The number of fused-ring (bicyclic) bond motifs is 1. The van der Waals surface area contributed by atoms with Gasteiger partial charge in [-0.25, -0.2) is 0 Å². The van der Waals surface area contributed by atoms with Gasteiger partial charge in [-0.3, -0.25) is 0 Å². The molecule has 27 heavy (non-hydrogen) atoms. The van der Waals surface area contributed by atoms with E-state index in [9.17, 15) is 0 Å². The van der Waals surface area contributed by atoms with E-state index in [1.165, 1.54) is 0 Å². The Labute approximate surface area is 170 Å². The first-order chi connectivity index (χ1) is 12.8. The minimum Gasteiger partial charge on any atom is -0.497 e. The SMILES string of the molecule is COc1ccc2c(c1)OC(C)(C)CC2NC(=S)Nc1ccc(OC)c(Cl)c1. The summed E-state index contributed by atoms with van der Waals surface area (Å²) in [5, 5.41) is 7.60. The zero-order valence-corrected chi connectivity index (χ0v) is 17.3. The molecule has 1 unspecified atom stereocenters. The van der Waals surface area contributed by atoms with Crippen LogP contribution in [0.1, 0.15) is 31.9 Å². The Balaban J connectivity index is 1.76. The molecule has 0 bridgehead atoms. The molecule has 2 aromatic carbocycles. The van der Waals surface area contributed by atoms with Crippen LogP contribution in [0.15, 0.2) is 36.4 Å². The summed E-state index contributed by atoms with van der Waals surface area (Å²) >= 11 is 11.7. The first-order valence-corrected chi connectivity index (χ1v) is 9.38. The minimum absolute atomic E-state index is 0.0170. The predicted octanol–water partition coefficient (Wildman–Crippen LogP) is 4.95. The van der Waals surface area contributed by atoms with E-state index >= 15 is 0 Å². The van der Waals surface area contributed by atoms with Crippen LogP contribution in [-0.2, 0) is 0 Å². The normalized spacial score (nSPS) is 17.3. The van der Waals surface area contributed by atoms with E-state index in [0.29, 0.717) is 15.9 Å². The Morgan fingerprint density at radius 3 is 2.63 bits per heavy atom. The molecule has 0 saturated heterocycles. The molecule has 2 N–H and O–H groups in total. The van der Waals surface area contributed by atoms with Crippen LogP contribution in [0.2, 0.25) is 5.02 Å². The van der Waals surface area contributed by atoms with Crippen LogP contribution < -0.4 is 24.8 Å². The summed E-state index contributed by atoms with van der Waals surface area (Å²) in [6.07, 6.45) is 0.775. The lowest BCUT2D eigenvalue weighted by Crippen LogP contribution is -2.42. The van der Waals surface area contributed by atoms with Crippen LogP contribution in [-0.4, -0.2) is 24.9 Å². The predicted molar refractivity (Wildman–Crippen MR) is 112 cm³/mol. The van der Waals surface area contributed by atoms with E-state index < -0.39 is 0 Å². The number of hydrogen-bond donors (Lipinski definition) is 2. The van der Waals surface area contributed by atoms with Gasteiger partial charge in [0.2, 0.25) is 0 Å². The zero-order valence-electron chi connectivity index (χ0n) is 15.8. The van der Waals surface area contributed by atoms with Crippen LogP contribution in [0.4, 0.5) is 5.69 Å². The van der Waals surface area contributed by atoms with E-state index in [4.69, 9.17) is 38.0 Å². The van der Waals surface area contributed by atoms with Gasteiger partial charge in [0.05, 0.1) is 25.3 Å². The number of rotatable bonds is 4. The molecule has 1 aliphatic heterocycles. The first-order valence-electron chi connectivity index (χ1n) is 8.59. The maximum atomic E-state index is 6.18. The van der Waals surface area contributed by atoms with Crippen molar-refractivity contribution in [1.29, 1.82) is 0 Å². The average molecular weight is 407 g/mol. The third-order valence-corrected chi connectivity index (χ3v) is 4.91. The molecule has 5 nitrogen and oxygen atoms in total. The van der Waals surface area contributed by atoms with Gasteiger partial charge in [-0.1, -0.05) is 11.6 Å². The van der Waals surface area contributed by atoms with Gasteiger partial charge >= 0.3 is 0 Å². The highest BCUT2D eigenvalue weighted by molar-refractivity contribution is 7.80. The van der Waals surface area contributed by atoms with Crippen molar-refractivity contribution in [2.24, 2.45) is 0 Å². The number of ether oxygens (including phenoxy) is 3. The summed E-state index contributed by atoms with van der Waals surface area (Å²) in [5.74, 6) is 2.19. The van der Waals surface area contributed by atoms with E-state index in [-0.39, 0.29) is 11.6 Å². The highest BCUT2D eigenvalue weighted by atomic mass is 35.5. The first kappa shape index (κ1) is 19.6. The summed E-state index contributed by atoms with van der Waals surface area (Å²) in [6, 6.07) is 11.3. The quantitative estimate of drug-likeness (QED) is 0.701. The van der Waals surface area contributed by atoms with Gasteiger partial charge in [0.25, 0.3) is 0 Å². The van der Waals surface area contributed by atoms with Crippen LogP contribution in [0, 0.1) is 0 Å². The third kappa shape index (κ3) is 4.57. The third-order valence-electron chi connectivity index (χ3n) is 4.39. The number of anilines is 1. The molecule has 7 heteroatoms. The fourth-order valence-corrected chi connectivity index (χ4v) is 3.67. The molecule has 0 aromatic heterocycles. The lowest BCUT2D eigenvalue weighted by molar-refractivity contribution is 0.0693. The number of hydrogen-bond acceptors (Lipinski definition) is 4. The summed E-state index contributed by atoms with van der Waals surface area (Å²) in [6.45, 7) is 4.12. The molecule has 2 aromatic rings. The second-order valence-corrected chi connectivity index (χ2v) is 7.79. The van der Waals surface area contributed by atoms with Gasteiger partial charge in [-0.15, -0.1) is 0 Å². The maximum absolute atomic E-state index is 6.18. The van der Waals surface area contributed by atoms with Gasteiger partial charge in [0, 0.05) is 23.7 Å². The van der Waals surface area contributed by atoms with Crippen molar-refractivity contribution in [3.8, 4) is 17.2 Å². The summed E-state index contributed by atoms with van der Waals surface area (Å²) in [4.78, 5) is 0. The lowest BCUT2D eigenvalue weighted by Gasteiger charge is -2.38. The molecule has 1 heterocycles. The maximum Gasteiger partial charge on any atom is 0.171 e. The van der Waals surface area contributed by atoms with Crippen molar-refractivity contribution in [1.82, 2.24) is 5.32 Å². The van der Waals surface area contributed by atoms with Crippen molar-refractivity contribution >= 4 is 34.6 Å². The highest BCUT2D eigenvalue weighted by Crippen LogP contribution is 2.41. The molecule has 144 valence electrons. The number of nitrogens with one attached hydrogen (secondary N) is 2. The monoisotopic (exact) mass is 406 g/mol. The second-order valence-electron chi connectivity index (χ2n) is 6.97. The Morgan fingerprint density at radius 2 is 1.96 bits per heavy atom. The van der Waals surface area contributed by atoms with E-state index in [0.717, 1.165) is 29.2 Å². The van der Waals surface area contributed by atoms with Crippen molar-refractivity contribution in [3.05, 3.63) is 47.0 Å². The van der Waals surface area contributed by atoms with Gasteiger partial charge in [-0.2, -0.15) is 0 Å². The van der Waals surface area contributed by atoms with Crippen LogP contribution in [0.5, 0.6) is 17.2 Å². The zero-order chi connectivity index (χ0) is 19.6. The number of benzene rings is 2. The largest absolute Gasteiger partial charge is 0.497 e. The summed E-state index contributed by atoms with van der Waals surface area (Å²) < 4.78 is 16.6. The highest BCUT2D eigenvalue weighted by Gasteiger charge is 2.34. The van der Waals surface area contributed by atoms with E-state index in [1.807, 2.05) is 24.3 Å². The van der Waals surface area contributed by atoms with Crippen LogP contribution in [0.25, 0.3) is 0 Å². The molecule has 0 saturated carbocycles. The second kappa shape index (κ2) is 7.82.